The van der Waals surface area contributed by atoms with E-state index in [9.17, 15) is 5.11 Å². The number of hydrogen-bond acceptors (Lipinski definition) is 2. The molecule has 72 valence electrons. The maximum absolute atomic E-state index is 9.42. The van der Waals surface area contributed by atoms with Crippen LogP contribution in [0.3, 0.4) is 0 Å². The van der Waals surface area contributed by atoms with Gasteiger partial charge in [-0.25, -0.2) is 0 Å². The highest BCUT2D eigenvalue weighted by Gasteiger charge is 2.20. The van der Waals surface area contributed by atoms with E-state index in [2.05, 4.69) is 5.32 Å². The average Bonchev–Trinajstić information content (AvgIpc) is 2.09. The van der Waals surface area contributed by atoms with Gasteiger partial charge in [-0.15, -0.1) is 0 Å². The Morgan fingerprint density at radius 2 is 1.85 bits per heavy atom. The van der Waals surface area contributed by atoms with Crippen molar-refractivity contribution >= 4 is 0 Å². The van der Waals surface area contributed by atoms with E-state index in [1.165, 1.54) is 0 Å². The van der Waals surface area contributed by atoms with E-state index in [-0.39, 0.29) is 0 Å². The van der Waals surface area contributed by atoms with Crippen molar-refractivity contribution in [2.45, 2.75) is 19.8 Å². The summed E-state index contributed by atoms with van der Waals surface area (Å²) < 4.78 is 0. The van der Waals surface area contributed by atoms with Gasteiger partial charge in [-0.3, -0.25) is 0 Å². The van der Waals surface area contributed by atoms with Crippen molar-refractivity contribution in [1.82, 2.24) is 5.32 Å². The minimum atomic E-state index is 0.430. The molecular weight excluding hydrogens is 162 g/mol. The van der Waals surface area contributed by atoms with Gasteiger partial charge < -0.3 is 10.4 Å². The first-order valence-electron chi connectivity index (χ1n) is 4.86. The molecule has 1 aliphatic rings. The highest BCUT2D eigenvalue weighted by Crippen LogP contribution is 2.27. The first-order valence-corrected chi connectivity index (χ1v) is 4.86. The van der Waals surface area contributed by atoms with Gasteiger partial charge in [0, 0.05) is 19.0 Å². The second-order valence-corrected chi connectivity index (χ2v) is 2.91. The van der Waals surface area contributed by atoms with Gasteiger partial charge in [0.2, 0.25) is 0 Å². The second-order valence-electron chi connectivity index (χ2n) is 2.91. The Labute approximate surface area is 79.6 Å². The summed E-state index contributed by atoms with van der Waals surface area (Å²) in [5.41, 5.74) is 1.08. The number of rotatable bonds is 1. The van der Waals surface area contributed by atoms with Crippen LogP contribution in [-0.4, -0.2) is 18.2 Å². The number of phenolic OH excluding ortho intramolecular Hbond substituents is 1. The Balaban J connectivity index is 0.000000396. The van der Waals surface area contributed by atoms with E-state index in [4.69, 9.17) is 0 Å². The molecule has 0 radical (unpaired) electrons. The molecule has 2 N–H and O–H groups in total. The van der Waals surface area contributed by atoms with Crippen molar-refractivity contribution < 1.29 is 5.11 Å². The Bertz CT molecular complexity index is 256. The third kappa shape index (κ3) is 2.22. The fourth-order valence-electron chi connectivity index (χ4n) is 1.34. The minimum Gasteiger partial charge on any atom is -0.508 e. The molecule has 2 rings (SSSR count). The van der Waals surface area contributed by atoms with E-state index in [0.29, 0.717) is 11.7 Å². The van der Waals surface area contributed by atoms with Gasteiger partial charge in [-0.05, 0) is 11.6 Å². The predicted molar refractivity (Wildman–Crippen MR) is 55.1 cm³/mol. The maximum atomic E-state index is 9.42. The van der Waals surface area contributed by atoms with E-state index >= 15 is 0 Å². The van der Waals surface area contributed by atoms with Crippen LogP contribution >= 0.6 is 0 Å². The monoisotopic (exact) mass is 179 g/mol. The molecule has 0 spiro atoms. The third-order valence-electron chi connectivity index (χ3n) is 2.16. The molecule has 0 aromatic heterocycles. The Kier molecular flexibility index (Phi) is 3.77. The normalized spacial score (nSPS) is 15.5. The van der Waals surface area contributed by atoms with Crippen molar-refractivity contribution in [2.24, 2.45) is 0 Å². The highest BCUT2D eigenvalue weighted by molar-refractivity contribution is 5.36. The molecule has 0 amide bonds. The largest absolute Gasteiger partial charge is 0.508 e. The molecule has 2 heteroatoms. The highest BCUT2D eigenvalue weighted by atomic mass is 16.3. The zero-order valence-electron chi connectivity index (χ0n) is 8.25. The summed E-state index contributed by atoms with van der Waals surface area (Å²) in [5, 5.41) is 12.6. The average molecular weight is 179 g/mol. The molecule has 1 aromatic rings. The Hall–Kier alpha value is -1.02. The van der Waals surface area contributed by atoms with Crippen molar-refractivity contribution in [1.29, 1.82) is 0 Å². The summed E-state index contributed by atoms with van der Waals surface area (Å²) >= 11 is 0. The van der Waals surface area contributed by atoms with Gasteiger partial charge >= 0.3 is 0 Å². The van der Waals surface area contributed by atoms with Gasteiger partial charge in [0.05, 0.1) is 0 Å². The molecule has 0 atom stereocenters. The molecule has 1 heterocycles. The lowest BCUT2D eigenvalue weighted by atomic mass is 9.93. The van der Waals surface area contributed by atoms with Crippen LogP contribution in [0.4, 0.5) is 0 Å². The fraction of sp³-hybridized carbons (Fsp3) is 0.455. The standard InChI is InChI=1S/C9H11NO.C2H6/c11-9-4-2-1-3-8(9)7-5-10-6-7;1-2/h1-4,7,10-11H,5-6H2;1-2H3. The van der Waals surface area contributed by atoms with Crippen LogP contribution in [-0.2, 0) is 0 Å². The van der Waals surface area contributed by atoms with Crippen LogP contribution in [0.5, 0.6) is 5.75 Å². The molecule has 1 saturated heterocycles. The fourth-order valence-corrected chi connectivity index (χ4v) is 1.34. The van der Waals surface area contributed by atoms with E-state index in [0.717, 1.165) is 18.7 Å². The predicted octanol–water partition coefficient (Wildman–Crippen LogP) is 2.11. The number of phenols is 1. The molecule has 0 saturated carbocycles. The van der Waals surface area contributed by atoms with Crippen molar-refractivity contribution in [3.8, 4) is 5.75 Å². The van der Waals surface area contributed by atoms with Crippen molar-refractivity contribution in [3.63, 3.8) is 0 Å². The summed E-state index contributed by atoms with van der Waals surface area (Å²) in [7, 11) is 0. The van der Waals surface area contributed by atoms with Crippen molar-refractivity contribution in [2.75, 3.05) is 13.1 Å². The Morgan fingerprint density at radius 1 is 1.23 bits per heavy atom. The van der Waals surface area contributed by atoms with E-state index in [1.807, 2.05) is 32.0 Å². The first kappa shape index (κ1) is 10.1. The molecule has 0 bridgehead atoms. The molecule has 13 heavy (non-hydrogen) atoms. The number of para-hydroxylation sites is 1. The number of aromatic hydroxyl groups is 1. The van der Waals surface area contributed by atoms with Gasteiger partial charge in [0.15, 0.2) is 0 Å². The molecule has 2 nitrogen and oxygen atoms in total. The summed E-state index contributed by atoms with van der Waals surface area (Å²) in [6, 6.07) is 7.55. The molecule has 0 unspecified atom stereocenters. The van der Waals surface area contributed by atoms with Crippen LogP contribution in [0.1, 0.15) is 25.3 Å². The van der Waals surface area contributed by atoms with Gasteiger partial charge in [-0.2, -0.15) is 0 Å². The summed E-state index contributed by atoms with van der Waals surface area (Å²) in [4.78, 5) is 0. The molecule has 0 aliphatic carbocycles. The van der Waals surface area contributed by atoms with Crippen LogP contribution in [0.15, 0.2) is 24.3 Å². The maximum Gasteiger partial charge on any atom is 0.119 e. The Morgan fingerprint density at radius 3 is 2.31 bits per heavy atom. The number of benzene rings is 1. The number of nitrogens with one attached hydrogen (secondary N) is 1. The van der Waals surface area contributed by atoms with E-state index in [1.54, 1.807) is 6.07 Å². The van der Waals surface area contributed by atoms with Gasteiger partial charge in [0.1, 0.15) is 5.75 Å². The minimum absolute atomic E-state index is 0.430. The molecule has 1 aromatic carbocycles. The molecular formula is C11H17NO. The summed E-state index contributed by atoms with van der Waals surface area (Å²) in [6.07, 6.45) is 0. The zero-order valence-corrected chi connectivity index (χ0v) is 8.25. The summed E-state index contributed by atoms with van der Waals surface area (Å²) in [5.74, 6) is 0.954. The van der Waals surface area contributed by atoms with Crippen LogP contribution < -0.4 is 5.32 Å². The number of hydrogen-bond donors (Lipinski definition) is 2. The lowest BCUT2D eigenvalue weighted by Gasteiger charge is -2.27. The smallest absolute Gasteiger partial charge is 0.119 e. The topological polar surface area (TPSA) is 32.3 Å². The zero-order chi connectivity index (χ0) is 9.68. The van der Waals surface area contributed by atoms with Crippen LogP contribution in [0, 0.1) is 0 Å². The van der Waals surface area contributed by atoms with Gasteiger partial charge in [-0.1, -0.05) is 32.0 Å². The quantitative estimate of drug-likeness (QED) is 0.692. The van der Waals surface area contributed by atoms with Crippen LogP contribution in [0.2, 0.25) is 0 Å². The molecule has 1 aliphatic heterocycles. The molecule has 1 fully saturated rings. The lowest BCUT2D eigenvalue weighted by Crippen LogP contribution is -2.39. The van der Waals surface area contributed by atoms with Gasteiger partial charge in [0.25, 0.3) is 0 Å². The second kappa shape index (κ2) is 4.87. The van der Waals surface area contributed by atoms with Crippen LogP contribution in [0.25, 0.3) is 0 Å². The van der Waals surface area contributed by atoms with Crippen molar-refractivity contribution in [3.05, 3.63) is 29.8 Å². The summed E-state index contributed by atoms with van der Waals surface area (Å²) in [6.45, 7) is 6.00. The third-order valence-corrected chi connectivity index (χ3v) is 2.16. The lowest BCUT2D eigenvalue weighted by molar-refractivity contribution is 0.413. The first-order chi connectivity index (χ1) is 6.38. The SMILES string of the molecule is CC.Oc1ccccc1C1CNC1. The van der Waals surface area contributed by atoms with E-state index < -0.39 is 0 Å².